The van der Waals surface area contributed by atoms with Gasteiger partial charge in [-0.1, -0.05) is 46.8 Å². The number of hydrogen-bond donors (Lipinski definition) is 2. The van der Waals surface area contributed by atoms with Crippen molar-refractivity contribution in [3.8, 4) is 0 Å². The van der Waals surface area contributed by atoms with Gasteiger partial charge in [0.2, 0.25) is 0 Å². The van der Waals surface area contributed by atoms with E-state index in [2.05, 4.69) is 26.1 Å². The number of carbonyl (C=O) groups is 1. The molecule has 0 fully saturated rings. The predicted molar refractivity (Wildman–Crippen MR) is 73.9 cm³/mol. The molecule has 0 spiro atoms. The lowest BCUT2D eigenvalue weighted by molar-refractivity contribution is 0.259. The third kappa shape index (κ3) is 4.82. The maximum Gasteiger partial charge on any atom is 0.316 e. The largest absolute Gasteiger partial charge is 0.351 e. The Labute approximate surface area is 101 Å². The number of rotatable bonds is 1. The molecule has 0 aliphatic rings. The molecule has 0 saturated carbocycles. The van der Waals surface area contributed by atoms with Crippen LogP contribution in [0, 0.1) is 0 Å². The van der Waals surface area contributed by atoms with Crippen molar-refractivity contribution in [1.29, 1.82) is 0 Å². The highest BCUT2D eigenvalue weighted by Gasteiger charge is 2.12. The molecule has 0 radical (unpaired) electrons. The number of carbonyl (C=O) groups excluding carboxylic acids is 1. The Morgan fingerprint density at radius 3 is 1.94 bits per heavy atom. The minimum absolute atomic E-state index is 0. The van der Waals surface area contributed by atoms with Gasteiger partial charge in [0.25, 0.3) is 0 Å². The lowest BCUT2D eigenvalue weighted by Gasteiger charge is -2.19. The number of nitrogens with two attached hydrogens (primary N) is 1. The van der Waals surface area contributed by atoms with Crippen LogP contribution in [0.3, 0.4) is 0 Å². The normalized spacial score (nSPS) is 10.1. The third-order valence-electron chi connectivity index (χ3n) is 2.02. The van der Waals surface area contributed by atoms with E-state index >= 15 is 0 Å². The molecule has 1 aromatic carbocycles. The molecule has 0 aliphatic heterocycles. The van der Waals surface area contributed by atoms with Crippen molar-refractivity contribution in [3.63, 3.8) is 0 Å². The van der Waals surface area contributed by atoms with Gasteiger partial charge in [-0.2, -0.15) is 0 Å². The molecule has 1 rings (SSSR count). The second-order valence-electron chi connectivity index (χ2n) is 4.32. The molecular formula is C13H26N2O. The fourth-order valence-corrected chi connectivity index (χ4v) is 1.20. The van der Waals surface area contributed by atoms with Crippen LogP contribution in [0.25, 0.3) is 0 Å². The average molecular weight is 226 g/mol. The van der Waals surface area contributed by atoms with Crippen LogP contribution in [0.15, 0.2) is 24.3 Å². The minimum atomic E-state index is -0.534. The molecule has 1 aromatic rings. The van der Waals surface area contributed by atoms with E-state index in [9.17, 15) is 4.79 Å². The van der Waals surface area contributed by atoms with Crippen LogP contribution < -0.4 is 11.1 Å². The van der Waals surface area contributed by atoms with Gasteiger partial charge in [-0.05, 0) is 23.1 Å². The first kappa shape index (κ1) is 14.5. The Morgan fingerprint density at radius 1 is 1.19 bits per heavy atom. The summed E-state index contributed by atoms with van der Waals surface area (Å²) in [5, 5.41) is 2.52. The molecule has 0 heterocycles. The first-order chi connectivity index (χ1) is 7.39. The van der Waals surface area contributed by atoms with E-state index in [0.717, 1.165) is 5.69 Å². The number of benzene rings is 1. The Bertz CT molecular complexity index is 332. The molecule has 3 heteroatoms. The van der Waals surface area contributed by atoms with Crippen LogP contribution in [0.1, 0.15) is 43.0 Å². The fourth-order valence-electron chi connectivity index (χ4n) is 1.20. The number of hydrogen-bond acceptors (Lipinski definition) is 1. The lowest BCUT2D eigenvalue weighted by atomic mass is 9.87. The number of primary amides is 1. The van der Waals surface area contributed by atoms with E-state index in [1.54, 1.807) is 0 Å². The van der Waals surface area contributed by atoms with Crippen molar-refractivity contribution in [2.45, 2.75) is 40.0 Å². The Balaban J connectivity index is -0.000000534. The second-order valence-corrected chi connectivity index (χ2v) is 4.32. The number of nitrogens with one attached hydrogen (secondary N) is 1. The Kier molecular flexibility index (Phi) is 5.57. The van der Waals surface area contributed by atoms with Gasteiger partial charge in [-0.3, -0.25) is 0 Å². The van der Waals surface area contributed by atoms with Gasteiger partial charge in [0, 0.05) is 8.54 Å². The molecule has 0 bridgehead atoms. The van der Waals surface area contributed by atoms with Crippen molar-refractivity contribution < 1.29 is 7.65 Å². The lowest BCUT2D eigenvalue weighted by Crippen LogP contribution is -2.19. The zero-order valence-corrected chi connectivity index (χ0v) is 10.8. The molecule has 0 saturated heterocycles. The summed E-state index contributed by atoms with van der Waals surface area (Å²) in [6.07, 6.45) is 0. The van der Waals surface area contributed by atoms with E-state index in [1.807, 2.05) is 38.1 Å². The van der Waals surface area contributed by atoms with Crippen LogP contribution in [0.2, 0.25) is 0 Å². The van der Waals surface area contributed by atoms with Gasteiger partial charge in [0.05, 0.1) is 0 Å². The van der Waals surface area contributed by atoms with E-state index in [-0.39, 0.29) is 8.27 Å². The zero-order valence-electron chi connectivity index (χ0n) is 10.8. The highest BCUT2D eigenvalue weighted by atomic mass is 16.2. The van der Waals surface area contributed by atoms with E-state index < -0.39 is 6.03 Å². The summed E-state index contributed by atoms with van der Waals surface area (Å²) in [7, 11) is 0. The molecule has 0 unspecified atom stereocenters. The molecule has 0 aromatic heterocycles. The number of amides is 2. The van der Waals surface area contributed by atoms with E-state index in [1.165, 1.54) is 5.56 Å². The van der Waals surface area contributed by atoms with Crippen molar-refractivity contribution in [1.82, 2.24) is 0 Å². The highest BCUT2D eigenvalue weighted by Crippen LogP contribution is 2.23. The molecule has 3 N–H and O–H groups in total. The average Bonchev–Trinajstić information content (AvgIpc) is 2.19. The minimum Gasteiger partial charge on any atom is -0.351 e. The standard InChI is InChI=1S/C11H16N2O.C2H6.2H2/c1-11(2,3)8-4-6-9(7-5-8)13-10(12)14;1-2;;/h4-7H,1-3H3,(H3,12,13,14);1-2H3;2*1H. The van der Waals surface area contributed by atoms with Gasteiger partial charge in [-0.15, -0.1) is 0 Å². The zero-order chi connectivity index (χ0) is 12.8. The predicted octanol–water partition coefficient (Wildman–Crippen LogP) is 3.99. The van der Waals surface area contributed by atoms with Crippen LogP contribution >= 0.6 is 0 Å². The van der Waals surface area contributed by atoms with Crippen molar-refractivity contribution >= 4 is 11.7 Å². The summed E-state index contributed by atoms with van der Waals surface area (Å²) in [4.78, 5) is 10.6. The maximum atomic E-state index is 10.6. The monoisotopic (exact) mass is 226 g/mol. The summed E-state index contributed by atoms with van der Waals surface area (Å²) in [6, 6.07) is 7.15. The molecule has 3 nitrogen and oxygen atoms in total. The molecule has 2 amide bonds. The molecule has 0 atom stereocenters. The maximum absolute atomic E-state index is 10.6. The van der Waals surface area contributed by atoms with Crippen LogP contribution in [-0.4, -0.2) is 6.03 Å². The highest BCUT2D eigenvalue weighted by molar-refractivity contribution is 5.87. The van der Waals surface area contributed by atoms with Crippen LogP contribution in [-0.2, 0) is 5.41 Å². The third-order valence-corrected chi connectivity index (χ3v) is 2.02. The first-order valence-electron chi connectivity index (χ1n) is 5.56. The summed E-state index contributed by atoms with van der Waals surface area (Å²) in [6.45, 7) is 10.4. The summed E-state index contributed by atoms with van der Waals surface area (Å²) >= 11 is 0. The van der Waals surface area contributed by atoms with Gasteiger partial charge in [-0.25, -0.2) is 4.79 Å². The number of urea groups is 1. The smallest absolute Gasteiger partial charge is 0.316 e. The van der Waals surface area contributed by atoms with Crippen LogP contribution in [0.4, 0.5) is 10.5 Å². The van der Waals surface area contributed by atoms with E-state index in [4.69, 9.17) is 5.73 Å². The fraction of sp³-hybridized carbons (Fsp3) is 0.462. The van der Waals surface area contributed by atoms with Gasteiger partial charge in [0.1, 0.15) is 0 Å². The quantitative estimate of drug-likeness (QED) is 0.747. The van der Waals surface area contributed by atoms with Crippen LogP contribution in [0.5, 0.6) is 0 Å². The molecule has 0 aliphatic carbocycles. The van der Waals surface area contributed by atoms with Crippen molar-refractivity contribution in [3.05, 3.63) is 29.8 Å². The summed E-state index contributed by atoms with van der Waals surface area (Å²) in [5.74, 6) is 0. The van der Waals surface area contributed by atoms with Gasteiger partial charge in [0.15, 0.2) is 0 Å². The molecular weight excluding hydrogens is 200 g/mol. The summed E-state index contributed by atoms with van der Waals surface area (Å²) in [5.41, 5.74) is 7.08. The summed E-state index contributed by atoms with van der Waals surface area (Å²) < 4.78 is 0. The Hall–Kier alpha value is -1.51. The Morgan fingerprint density at radius 2 is 1.62 bits per heavy atom. The van der Waals surface area contributed by atoms with Gasteiger partial charge < -0.3 is 11.1 Å². The van der Waals surface area contributed by atoms with Gasteiger partial charge >= 0.3 is 6.03 Å². The second kappa shape index (κ2) is 6.16. The van der Waals surface area contributed by atoms with Crippen molar-refractivity contribution in [2.24, 2.45) is 5.73 Å². The van der Waals surface area contributed by atoms with Crippen molar-refractivity contribution in [2.75, 3.05) is 5.32 Å². The first-order valence-corrected chi connectivity index (χ1v) is 5.56. The number of anilines is 1. The molecule has 16 heavy (non-hydrogen) atoms. The SMILES string of the molecule is CC.CC(C)(C)c1ccc(NC(N)=O)cc1.[HH].[HH]. The molecule has 94 valence electrons. The van der Waals surface area contributed by atoms with E-state index in [0.29, 0.717) is 0 Å². The topological polar surface area (TPSA) is 55.1 Å².